The van der Waals surface area contributed by atoms with Crippen LogP contribution in [0.4, 0.5) is 26.0 Å². The molecule has 15 nitrogen and oxygen atoms in total. The second-order valence-corrected chi connectivity index (χ2v) is 16.9. The number of rotatable bonds is 11. The van der Waals surface area contributed by atoms with Crippen molar-refractivity contribution < 1.29 is 36.4 Å². The van der Waals surface area contributed by atoms with Gasteiger partial charge in [0.25, 0.3) is 17.4 Å². The molecule has 4 amide bonds. The highest BCUT2D eigenvalue weighted by atomic mass is 32.2. The minimum atomic E-state index is -3.68. The molecule has 1 fully saturated rings. The highest BCUT2D eigenvalue weighted by Gasteiger charge is 2.40. The summed E-state index contributed by atoms with van der Waals surface area (Å²) in [5.41, 5.74) is 4.03. The van der Waals surface area contributed by atoms with Crippen molar-refractivity contribution in [2.75, 3.05) is 29.6 Å². The van der Waals surface area contributed by atoms with Crippen molar-refractivity contribution in [3.05, 3.63) is 105 Å². The number of unbranched alkanes of at least 4 members (excludes halogenated alkanes) is 1. The van der Waals surface area contributed by atoms with E-state index in [4.69, 9.17) is 0 Å². The number of nitrogens with zero attached hydrogens (tertiary/aromatic N) is 4. The first-order valence-electron chi connectivity index (χ1n) is 18.6. The van der Waals surface area contributed by atoms with Crippen LogP contribution in [0.15, 0.2) is 59.8 Å². The lowest BCUT2D eigenvalue weighted by atomic mass is 9.96. The second-order valence-electron chi connectivity index (χ2n) is 14.8. The number of H-pyrrole nitrogens is 1. The van der Waals surface area contributed by atoms with Gasteiger partial charge in [0, 0.05) is 96.7 Å². The lowest BCUT2D eigenvalue weighted by Crippen LogP contribution is -2.52. The van der Waals surface area contributed by atoms with E-state index in [1.165, 1.54) is 20.4 Å². The number of benzene rings is 2. The number of carbonyl (C=O) groups excluding carboxylic acids is 4. The number of sulfone groups is 1. The summed E-state index contributed by atoms with van der Waals surface area (Å²) in [6, 6.07) is 8.32. The van der Waals surface area contributed by atoms with Crippen LogP contribution in [0.25, 0.3) is 22.0 Å². The zero-order valence-corrected chi connectivity index (χ0v) is 32.3. The van der Waals surface area contributed by atoms with Gasteiger partial charge in [-0.1, -0.05) is 6.07 Å². The minimum absolute atomic E-state index is 0.0179. The number of hydrogen-bond donors (Lipinski definition) is 4. The van der Waals surface area contributed by atoms with Crippen LogP contribution in [0.2, 0.25) is 0 Å². The minimum Gasteiger partial charge on any atom is -0.385 e. The van der Waals surface area contributed by atoms with Crippen LogP contribution in [0.1, 0.15) is 63.1 Å². The summed E-state index contributed by atoms with van der Waals surface area (Å²) in [6.45, 7) is 0.902. The first-order chi connectivity index (χ1) is 27.7. The third-order valence-electron chi connectivity index (χ3n) is 10.7. The van der Waals surface area contributed by atoms with Crippen molar-refractivity contribution in [2.24, 2.45) is 7.05 Å². The zero-order valence-electron chi connectivity index (χ0n) is 31.4. The number of piperidine rings is 1. The maximum atomic E-state index is 15.5. The molecule has 0 radical (unpaired) electrons. The molecule has 0 bridgehead atoms. The Labute approximate surface area is 330 Å². The van der Waals surface area contributed by atoms with Crippen LogP contribution < -0.4 is 26.4 Å². The van der Waals surface area contributed by atoms with Gasteiger partial charge >= 0.3 is 0 Å². The lowest BCUT2D eigenvalue weighted by molar-refractivity contribution is -0.136. The Balaban J connectivity index is 1.02. The van der Waals surface area contributed by atoms with E-state index in [0.29, 0.717) is 58.8 Å². The average molecular weight is 813 g/mol. The van der Waals surface area contributed by atoms with E-state index in [1.807, 2.05) is 6.07 Å². The van der Waals surface area contributed by atoms with Crippen LogP contribution in [-0.2, 0) is 45.3 Å². The monoisotopic (exact) mass is 812 g/mol. The van der Waals surface area contributed by atoms with Gasteiger partial charge in [-0.2, -0.15) is 0 Å². The molecule has 18 heteroatoms. The molecule has 2 aromatic carbocycles. The van der Waals surface area contributed by atoms with Crippen molar-refractivity contribution in [2.45, 2.75) is 50.6 Å². The van der Waals surface area contributed by atoms with Crippen LogP contribution in [0.5, 0.6) is 0 Å². The smallest absolute Gasteiger partial charge is 0.274 e. The quantitative estimate of drug-likeness (QED) is 0.113. The number of nitrogens with one attached hydrogen (secondary N) is 4. The predicted molar refractivity (Wildman–Crippen MR) is 210 cm³/mol. The standard InChI is InChI=1S/C40H38F2N8O7S/c1-48-18-28-26-12-21(20-58(2,56)57)25(14-32(26)49(36-29(42)13-23(41)16-46-36)17-22-15-45-35(34(22)28)40(48)55)37(52)44-11-4-3-10-43-30-7-5-6-24-27(30)19-50(39(24)54)31-8-9-33(51)47-38(31)53/h5-7,12-16,18,31,43,45H,3-4,8-11,17,19-20H2,1-2H3,(H,44,52)(H,47,51,53). The van der Waals surface area contributed by atoms with E-state index in [-0.39, 0.29) is 72.3 Å². The van der Waals surface area contributed by atoms with Crippen LogP contribution in [0, 0.1) is 11.6 Å². The van der Waals surface area contributed by atoms with Crippen LogP contribution >= 0.6 is 0 Å². The number of amides is 4. The number of aryl methyl sites for hydroxylation is 1. The number of carbonyl (C=O) groups is 4. The van der Waals surface area contributed by atoms with Gasteiger partial charge in [0.1, 0.15) is 17.4 Å². The number of imide groups is 1. The zero-order chi connectivity index (χ0) is 41.0. The van der Waals surface area contributed by atoms with Crippen molar-refractivity contribution in [3.63, 3.8) is 0 Å². The van der Waals surface area contributed by atoms with Crippen molar-refractivity contribution in [1.82, 2.24) is 30.1 Å². The third-order valence-corrected chi connectivity index (χ3v) is 11.5. The Kier molecular flexibility index (Phi) is 9.82. The Morgan fingerprint density at radius 2 is 1.81 bits per heavy atom. The predicted octanol–water partition coefficient (Wildman–Crippen LogP) is 3.79. The van der Waals surface area contributed by atoms with Crippen molar-refractivity contribution >= 4 is 61.6 Å². The number of hydrogen-bond acceptors (Lipinski definition) is 10. The number of halogens is 2. The van der Waals surface area contributed by atoms with Gasteiger partial charge < -0.3 is 30.0 Å². The van der Waals surface area contributed by atoms with E-state index in [1.54, 1.807) is 37.6 Å². The summed E-state index contributed by atoms with van der Waals surface area (Å²) in [5, 5.41) is 9.08. The van der Waals surface area contributed by atoms with Crippen molar-refractivity contribution in [1.29, 1.82) is 0 Å². The molecule has 1 saturated heterocycles. The fourth-order valence-electron chi connectivity index (χ4n) is 8.02. The maximum Gasteiger partial charge on any atom is 0.274 e. The molecule has 0 aliphatic carbocycles. The van der Waals surface area contributed by atoms with Crippen LogP contribution in [0.3, 0.4) is 0 Å². The van der Waals surface area contributed by atoms with Gasteiger partial charge in [-0.05, 0) is 54.7 Å². The largest absolute Gasteiger partial charge is 0.385 e. The van der Waals surface area contributed by atoms with Gasteiger partial charge in [0.05, 0.1) is 24.2 Å². The van der Waals surface area contributed by atoms with E-state index >= 15 is 4.39 Å². The van der Waals surface area contributed by atoms with E-state index in [9.17, 15) is 36.8 Å². The molecule has 4 N–H and O–H groups in total. The summed E-state index contributed by atoms with van der Waals surface area (Å²) < 4.78 is 56.4. The Hall–Kier alpha value is -6.43. The van der Waals surface area contributed by atoms with E-state index < -0.39 is 45.1 Å². The fraction of sp³-hybridized carbons (Fsp3) is 0.300. The lowest BCUT2D eigenvalue weighted by Gasteiger charge is -2.29. The summed E-state index contributed by atoms with van der Waals surface area (Å²) in [4.78, 5) is 74.4. The Morgan fingerprint density at radius 1 is 1.02 bits per heavy atom. The molecule has 8 rings (SSSR count). The Morgan fingerprint density at radius 3 is 2.57 bits per heavy atom. The molecule has 0 spiro atoms. The SMILES string of the molecule is Cn1cc2c3c(c[nH]c3c1=O)CN(c1ncc(F)cc1F)c1cc(C(=O)NCCCCNc3cccc4c3CN(C3CCC(=O)NC3=O)C4=O)c(CS(C)(=O)=O)cc1-2. The first-order valence-corrected chi connectivity index (χ1v) is 20.7. The highest BCUT2D eigenvalue weighted by molar-refractivity contribution is 7.89. The third kappa shape index (κ3) is 7.07. The topological polar surface area (TPSA) is 196 Å². The number of fused-ring (bicyclic) bond motifs is 3. The molecule has 1 atom stereocenters. The summed E-state index contributed by atoms with van der Waals surface area (Å²) in [5.74, 6) is -4.25. The number of aromatic nitrogens is 3. The van der Waals surface area contributed by atoms with E-state index in [0.717, 1.165) is 23.7 Å². The number of aromatic amines is 1. The maximum absolute atomic E-state index is 15.5. The number of anilines is 3. The molecule has 300 valence electrons. The van der Waals surface area contributed by atoms with Gasteiger partial charge in [-0.3, -0.25) is 29.3 Å². The molecule has 58 heavy (non-hydrogen) atoms. The molecular weight excluding hydrogens is 775 g/mol. The number of pyridine rings is 2. The molecule has 3 aromatic heterocycles. The molecule has 3 aliphatic heterocycles. The highest BCUT2D eigenvalue weighted by Crippen LogP contribution is 2.45. The molecule has 1 unspecified atom stereocenters. The Bertz CT molecular complexity index is 2750. The molecule has 3 aliphatic rings. The van der Waals surface area contributed by atoms with Crippen LogP contribution in [-0.4, -0.2) is 76.9 Å². The van der Waals surface area contributed by atoms with Gasteiger partial charge in [0.2, 0.25) is 11.8 Å². The summed E-state index contributed by atoms with van der Waals surface area (Å²) in [7, 11) is -2.11. The van der Waals surface area contributed by atoms with Crippen molar-refractivity contribution in [3.8, 4) is 11.1 Å². The normalized spacial score (nSPS) is 16.3. The fourth-order valence-corrected chi connectivity index (χ4v) is 8.82. The molecule has 6 heterocycles. The average Bonchev–Trinajstić information content (AvgIpc) is 3.71. The molecule has 5 aromatic rings. The van der Waals surface area contributed by atoms with E-state index in [2.05, 4.69) is 25.9 Å². The van der Waals surface area contributed by atoms with Gasteiger partial charge in [-0.25, -0.2) is 22.2 Å². The second kappa shape index (κ2) is 14.8. The molecule has 0 saturated carbocycles. The van der Waals surface area contributed by atoms with Gasteiger partial charge in [0.15, 0.2) is 21.5 Å². The summed E-state index contributed by atoms with van der Waals surface area (Å²) in [6.07, 6.45) is 6.68. The van der Waals surface area contributed by atoms with Gasteiger partial charge in [-0.15, -0.1) is 0 Å². The summed E-state index contributed by atoms with van der Waals surface area (Å²) >= 11 is 0. The molecular formula is C40H38F2N8O7S. The first kappa shape index (κ1) is 38.4.